The van der Waals surface area contributed by atoms with Gasteiger partial charge in [-0.3, -0.25) is 14.9 Å². The van der Waals surface area contributed by atoms with Gasteiger partial charge in [0.15, 0.2) is 5.16 Å². The second-order valence-electron chi connectivity index (χ2n) is 5.99. The number of carbonyl (C=O) groups is 2. The molecule has 1 N–H and O–H groups in total. The molecule has 0 aliphatic rings. The monoisotopic (exact) mass is 450 g/mol. The van der Waals surface area contributed by atoms with E-state index in [0.717, 1.165) is 11.8 Å². The van der Waals surface area contributed by atoms with E-state index in [0.29, 0.717) is 5.56 Å². The minimum absolute atomic E-state index is 0.160. The van der Waals surface area contributed by atoms with E-state index < -0.39 is 22.5 Å². The predicted octanol–water partition coefficient (Wildman–Crippen LogP) is 3.36. The summed E-state index contributed by atoms with van der Waals surface area (Å²) in [5.74, 6) is -1.51. The van der Waals surface area contributed by atoms with Gasteiger partial charge < -0.3 is 19.5 Å². The quantitative estimate of drug-likeness (QED) is 0.187. The van der Waals surface area contributed by atoms with Crippen LogP contribution in [0.5, 0.6) is 11.6 Å². The number of nitrogens with zero attached hydrogens (tertiary/aromatic N) is 3. The molecule has 1 aromatic carbocycles. The van der Waals surface area contributed by atoms with Crippen LogP contribution in [0.1, 0.15) is 29.8 Å². The third-order valence-corrected chi connectivity index (χ3v) is 4.23. The smallest absolute Gasteiger partial charge is 0.373 e. The van der Waals surface area contributed by atoms with Crippen molar-refractivity contribution < 1.29 is 28.7 Å². The lowest BCUT2D eigenvalue weighted by atomic mass is 10.1. The number of thioether (sulfide) groups is 1. The zero-order chi connectivity index (χ0) is 23.0. The summed E-state index contributed by atoms with van der Waals surface area (Å²) in [6.07, 6.45) is 1.69. The van der Waals surface area contributed by atoms with Crippen LogP contribution in [0, 0.1) is 17.0 Å². The van der Waals surface area contributed by atoms with Crippen LogP contribution in [0.25, 0.3) is 0 Å². The fourth-order valence-electron chi connectivity index (χ4n) is 2.48. The minimum Gasteiger partial charge on any atom is -0.465 e. The highest BCUT2D eigenvalue weighted by Crippen LogP contribution is 2.36. The number of aryl methyl sites for hydroxylation is 1. The van der Waals surface area contributed by atoms with Crippen molar-refractivity contribution in [3.05, 3.63) is 39.4 Å². The lowest BCUT2D eigenvalue weighted by molar-refractivity contribution is -0.385. The minimum atomic E-state index is -0.713. The maximum atomic E-state index is 12.1. The molecular weight excluding hydrogens is 428 g/mol. The van der Waals surface area contributed by atoms with Crippen LogP contribution in [0.2, 0.25) is 0 Å². The van der Waals surface area contributed by atoms with E-state index >= 15 is 0 Å². The summed E-state index contributed by atoms with van der Waals surface area (Å²) in [7, 11) is 0. The molecule has 11 nitrogen and oxygen atoms in total. The topological polar surface area (TPSA) is 143 Å². The second kappa shape index (κ2) is 11.1. The highest BCUT2D eigenvalue weighted by Gasteiger charge is 2.28. The van der Waals surface area contributed by atoms with Crippen LogP contribution in [0.4, 0.5) is 11.5 Å². The highest BCUT2D eigenvalue weighted by atomic mass is 32.2. The van der Waals surface area contributed by atoms with Gasteiger partial charge in [0.05, 0.1) is 23.7 Å². The molecule has 31 heavy (non-hydrogen) atoms. The molecule has 0 atom stereocenters. The largest absolute Gasteiger partial charge is 0.465 e. The molecule has 0 amide bonds. The van der Waals surface area contributed by atoms with Gasteiger partial charge in [0.2, 0.25) is 5.82 Å². The van der Waals surface area contributed by atoms with E-state index in [9.17, 15) is 19.7 Å². The average molecular weight is 450 g/mol. The van der Waals surface area contributed by atoms with Crippen molar-refractivity contribution in [2.45, 2.75) is 25.9 Å². The van der Waals surface area contributed by atoms with Gasteiger partial charge in [-0.05, 0) is 50.8 Å². The Labute approximate surface area is 182 Å². The van der Waals surface area contributed by atoms with Crippen molar-refractivity contribution in [3.8, 4) is 11.6 Å². The fraction of sp³-hybridized carbons (Fsp3) is 0.368. The van der Waals surface area contributed by atoms with Gasteiger partial charge in [0.25, 0.3) is 0 Å². The summed E-state index contributed by atoms with van der Waals surface area (Å²) >= 11 is 1.14. The Kier molecular flexibility index (Phi) is 8.55. The van der Waals surface area contributed by atoms with E-state index in [1.54, 1.807) is 39.2 Å². The van der Waals surface area contributed by atoms with Gasteiger partial charge in [-0.1, -0.05) is 11.8 Å². The van der Waals surface area contributed by atoms with Crippen LogP contribution in [0.3, 0.4) is 0 Å². The Morgan fingerprint density at radius 2 is 1.87 bits per heavy atom. The van der Waals surface area contributed by atoms with Crippen LogP contribution in [-0.4, -0.2) is 52.8 Å². The van der Waals surface area contributed by atoms with Gasteiger partial charge in [0.1, 0.15) is 12.3 Å². The van der Waals surface area contributed by atoms with Crippen molar-refractivity contribution in [2.75, 3.05) is 31.3 Å². The normalized spacial score (nSPS) is 10.3. The van der Waals surface area contributed by atoms with Crippen molar-refractivity contribution in [1.82, 2.24) is 9.97 Å². The number of carbonyl (C=O) groups excluding carboxylic acids is 2. The fourth-order valence-corrected chi connectivity index (χ4v) is 2.84. The average Bonchev–Trinajstić information content (AvgIpc) is 2.71. The number of benzene rings is 1. The molecule has 0 spiro atoms. The Hall–Kier alpha value is -3.41. The standard InChI is InChI=1S/C19H22N4O7S/c1-5-28-14(24)10-20-16-15(23(26)27)17(22-19(21-16)31-4)30-13-8-11(3)7-12(9-13)18(25)29-6-2/h7-9H,5-6,10H2,1-4H3,(H,20,21,22). The first-order valence-electron chi connectivity index (χ1n) is 9.25. The molecule has 2 aromatic rings. The Bertz CT molecular complexity index is 984. The van der Waals surface area contributed by atoms with Crippen LogP contribution >= 0.6 is 11.8 Å². The van der Waals surface area contributed by atoms with E-state index in [-0.39, 0.29) is 47.9 Å². The third kappa shape index (κ3) is 6.54. The molecule has 0 saturated carbocycles. The lowest BCUT2D eigenvalue weighted by Gasteiger charge is -2.12. The van der Waals surface area contributed by atoms with Crippen LogP contribution in [-0.2, 0) is 14.3 Å². The molecule has 0 unspecified atom stereocenters. The van der Waals surface area contributed by atoms with Crippen LogP contribution in [0.15, 0.2) is 23.4 Å². The number of hydrogen-bond donors (Lipinski definition) is 1. The van der Waals surface area contributed by atoms with Crippen molar-refractivity contribution in [3.63, 3.8) is 0 Å². The molecule has 0 saturated heterocycles. The molecule has 0 aliphatic carbocycles. The Morgan fingerprint density at radius 1 is 1.16 bits per heavy atom. The number of aromatic nitrogens is 2. The van der Waals surface area contributed by atoms with Gasteiger partial charge in [-0.25, -0.2) is 4.79 Å². The molecule has 0 bridgehead atoms. The van der Waals surface area contributed by atoms with Crippen LogP contribution < -0.4 is 10.1 Å². The van der Waals surface area contributed by atoms with Gasteiger partial charge in [0, 0.05) is 0 Å². The molecule has 2 rings (SSSR count). The number of anilines is 1. The Morgan fingerprint density at radius 3 is 2.48 bits per heavy atom. The number of rotatable bonds is 10. The number of nitrogens with one attached hydrogen (secondary N) is 1. The van der Waals surface area contributed by atoms with E-state index in [2.05, 4.69) is 15.3 Å². The molecule has 1 heterocycles. The van der Waals surface area contributed by atoms with E-state index in [1.807, 2.05) is 0 Å². The molecular formula is C19H22N4O7S. The summed E-state index contributed by atoms with van der Waals surface area (Å²) in [5.41, 5.74) is 0.364. The number of hydrogen-bond acceptors (Lipinski definition) is 11. The lowest BCUT2D eigenvalue weighted by Crippen LogP contribution is -2.18. The first-order valence-corrected chi connectivity index (χ1v) is 10.5. The first kappa shape index (κ1) is 23.9. The summed E-state index contributed by atoms with van der Waals surface area (Å²) < 4.78 is 15.5. The van der Waals surface area contributed by atoms with Crippen molar-refractivity contribution in [2.24, 2.45) is 0 Å². The number of esters is 2. The summed E-state index contributed by atoms with van der Waals surface area (Å²) in [4.78, 5) is 42.9. The summed E-state index contributed by atoms with van der Waals surface area (Å²) in [5, 5.41) is 14.5. The molecule has 166 valence electrons. The van der Waals surface area contributed by atoms with Gasteiger partial charge in [-0.15, -0.1) is 0 Å². The predicted molar refractivity (Wildman–Crippen MR) is 113 cm³/mol. The highest BCUT2D eigenvalue weighted by molar-refractivity contribution is 7.98. The zero-order valence-electron chi connectivity index (χ0n) is 17.5. The van der Waals surface area contributed by atoms with Crippen molar-refractivity contribution >= 4 is 35.2 Å². The maximum absolute atomic E-state index is 12.1. The van der Waals surface area contributed by atoms with E-state index in [1.165, 1.54) is 6.07 Å². The second-order valence-corrected chi connectivity index (χ2v) is 6.76. The van der Waals surface area contributed by atoms with Crippen molar-refractivity contribution in [1.29, 1.82) is 0 Å². The van der Waals surface area contributed by atoms with Gasteiger partial charge in [-0.2, -0.15) is 9.97 Å². The molecule has 0 radical (unpaired) electrons. The summed E-state index contributed by atoms with van der Waals surface area (Å²) in [6.45, 7) is 5.12. The number of ether oxygens (including phenoxy) is 3. The molecule has 0 fully saturated rings. The number of nitro groups is 1. The van der Waals surface area contributed by atoms with E-state index in [4.69, 9.17) is 14.2 Å². The third-order valence-electron chi connectivity index (χ3n) is 3.68. The first-order chi connectivity index (χ1) is 14.8. The Balaban J connectivity index is 2.45. The molecule has 1 aromatic heterocycles. The maximum Gasteiger partial charge on any atom is 0.373 e. The molecule has 12 heteroatoms. The SMILES string of the molecule is CCOC(=O)CNc1nc(SC)nc(Oc2cc(C)cc(C(=O)OCC)c2)c1[N+](=O)[O-]. The zero-order valence-corrected chi connectivity index (χ0v) is 18.3. The van der Waals surface area contributed by atoms with Gasteiger partial charge >= 0.3 is 23.5 Å². The molecule has 0 aliphatic heterocycles. The summed E-state index contributed by atoms with van der Waals surface area (Å²) in [6, 6.07) is 4.61.